The average Bonchev–Trinajstić information content (AvgIpc) is 2.95. The van der Waals surface area contributed by atoms with Crippen molar-refractivity contribution in [1.29, 1.82) is 0 Å². The Morgan fingerprint density at radius 1 is 0.970 bits per heavy atom. The van der Waals surface area contributed by atoms with Crippen LogP contribution in [0.15, 0.2) is 72.8 Å². The van der Waals surface area contributed by atoms with Crippen LogP contribution in [0.3, 0.4) is 0 Å². The van der Waals surface area contributed by atoms with Gasteiger partial charge in [0, 0.05) is 22.6 Å². The topological polar surface area (TPSA) is 62.2 Å². The van der Waals surface area contributed by atoms with Crippen molar-refractivity contribution in [2.75, 3.05) is 11.9 Å². The molecule has 0 saturated heterocycles. The lowest BCUT2D eigenvalue weighted by atomic mass is 9.94. The summed E-state index contributed by atoms with van der Waals surface area (Å²) in [7, 11) is 0. The fourth-order valence-electron chi connectivity index (χ4n) is 4.43. The van der Waals surface area contributed by atoms with Crippen LogP contribution in [0, 0.1) is 0 Å². The molecular formula is C27H20Cl2N2O2. The molecule has 0 unspecified atom stereocenters. The van der Waals surface area contributed by atoms with Crippen LogP contribution in [0.5, 0.6) is 0 Å². The number of halogens is 2. The van der Waals surface area contributed by atoms with Crippen molar-refractivity contribution in [3.8, 4) is 0 Å². The Kier molecular flexibility index (Phi) is 5.79. The Balaban J connectivity index is 1.57. The standard InChI is InChI=1S/C27H20Cl2N2O2/c28-18-13-22(29)26-23(15-25(27(32)33)31-24(26)14-18)30-12-11-21-19-7-3-1-5-16(19)9-10-17-6-2-4-8-20(17)21/h1-8,11,13-15H,9-10,12H2,(H,30,31)(H,32,33). The SMILES string of the molecule is O=C(O)c1cc(NCC=C2c3ccccc3CCc3ccccc32)c2c(Cl)cc(Cl)cc2n1. The number of pyridine rings is 1. The number of fused-ring (bicyclic) bond motifs is 3. The van der Waals surface area contributed by atoms with Crippen LogP contribution in [0.1, 0.15) is 32.7 Å². The van der Waals surface area contributed by atoms with Gasteiger partial charge in [-0.15, -0.1) is 0 Å². The predicted octanol–water partition coefficient (Wildman–Crippen LogP) is 6.88. The molecule has 2 N–H and O–H groups in total. The summed E-state index contributed by atoms with van der Waals surface area (Å²) < 4.78 is 0. The number of aryl methyl sites for hydroxylation is 2. The number of nitrogens with one attached hydrogen (secondary N) is 1. The van der Waals surface area contributed by atoms with Crippen molar-refractivity contribution in [2.45, 2.75) is 12.8 Å². The number of carboxylic acid groups (broad SMARTS) is 1. The van der Waals surface area contributed by atoms with E-state index in [0.717, 1.165) is 18.4 Å². The van der Waals surface area contributed by atoms with E-state index in [4.69, 9.17) is 23.2 Å². The maximum absolute atomic E-state index is 11.6. The number of hydrogen-bond acceptors (Lipinski definition) is 3. The number of nitrogens with zero attached hydrogens (tertiary/aromatic N) is 1. The summed E-state index contributed by atoms with van der Waals surface area (Å²) >= 11 is 12.6. The van der Waals surface area contributed by atoms with Crippen LogP contribution in [0.4, 0.5) is 5.69 Å². The number of carbonyl (C=O) groups is 1. The fourth-order valence-corrected chi connectivity index (χ4v) is 5.02. The van der Waals surface area contributed by atoms with E-state index in [9.17, 15) is 9.90 Å². The van der Waals surface area contributed by atoms with E-state index in [1.165, 1.54) is 28.3 Å². The molecule has 0 radical (unpaired) electrons. The first-order chi connectivity index (χ1) is 16.0. The number of aromatic carboxylic acids is 1. The molecule has 1 heterocycles. The molecule has 3 aromatic carbocycles. The minimum atomic E-state index is -1.11. The first-order valence-electron chi connectivity index (χ1n) is 10.6. The normalized spacial score (nSPS) is 12.6. The van der Waals surface area contributed by atoms with Crippen molar-refractivity contribution in [3.05, 3.63) is 111 Å². The third kappa shape index (κ3) is 4.20. The van der Waals surface area contributed by atoms with Crippen molar-refractivity contribution >= 4 is 51.3 Å². The number of rotatable bonds is 4. The molecule has 0 fully saturated rings. The van der Waals surface area contributed by atoms with E-state index in [1.54, 1.807) is 12.1 Å². The summed E-state index contributed by atoms with van der Waals surface area (Å²) in [6.07, 6.45) is 4.14. The molecule has 0 saturated carbocycles. The molecule has 4 nitrogen and oxygen atoms in total. The summed E-state index contributed by atoms with van der Waals surface area (Å²) in [5, 5.41) is 14.4. The third-order valence-corrected chi connectivity index (χ3v) is 6.44. The van der Waals surface area contributed by atoms with Crippen LogP contribution in [0.2, 0.25) is 10.0 Å². The van der Waals surface area contributed by atoms with Crippen LogP contribution < -0.4 is 5.32 Å². The van der Waals surface area contributed by atoms with Gasteiger partial charge >= 0.3 is 5.97 Å². The Morgan fingerprint density at radius 2 is 1.61 bits per heavy atom. The lowest BCUT2D eigenvalue weighted by Crippen LogP contribution is -2.06. The highest BCUT2D eigenvalue weighted by atomic mass is 35.5. The van der Waals surface area contributed by atoms with E-state index in [2.05, 4.69) is 64.9 Å². The molecule has 6 heteroatoms. The summed E-state index contributed by atoms with van der Waals surface area (Å²) in [5.74, 6) is -1.11. The van der Waals surface area contributed by atoms with E-state index in [-0.39, 0.29) is 5.69 Å². The van der Waals surface area contributed by atoms with Gasteiger partial charge in [-0.05, 0) is 58.9 Å². The van der Waals surface area contributed by atoms with Gasteiger partial charge in [0.25, 0.3) is 0 Å². The highest BCUT2D eigenvalue weighted by molar-refractivity contribution is 6.39. The van der Waals surface area contributed by atoms with Gasteiger partial charge in [0.1, 0.15) is 0 Å². The van der Waals surface area contributed by atoms with Crippen molar-refractivity contribution < 1.29 is 9.90 Å². The zero-order chi connectivity index (χ0) is 22.9. The Bertz CT molecular complexity index is 1380. The minimum Gasteiger partial charge on any atom is -0.477 e. The van der Waals surface area contributed by atoms with Crippen molar-refractivity contribution in [2.24, 2.45) is 0 Å². The largest absolute Gasteiger partial charge is 0.477 e. The van der Waals surface area contributed by atoms with Gasteiger partial charge in [0.2, 0.25) is 0 Å². The molecule has 0 bridgehead atoms. The Morgan fingerprint density at radius 3 is 2.24 bits per heavy atom. The number of hydrogen-bond donors (Lipinski definition) is 2. The summed E-state index contributed by atoms with van der Waals surface area (Å²) in [4.78, 5) is 15.8. The second-order valence-electron chi connectivity index (χ2n) is 7.95. The zero-order valence-electron chi connectivity index (χ0n) is 17.6. The molecule has 1 aromatic heterocycles. The Hall–Kier alpha value is -3.34. The van der Waals surface area contributed by atoms with Crippen molar-refractivity contribution in [3.63, 3.8) is 0 Å². The van der Waals surface area contributed by atoms with Crippen LogP contribution >= 0.6 is 23.2 Å². The molecule has 4 aromatic rings. The quantitative estimate of drug-likeness (QED) is 0.338. The van der Waals surface area contributed by atoms with E-state index in [0.29, 0.717) is 33.2 Å². The van der Waals surface area contributed by atoms with Gasteiger partial charge in [0.05, 0.1) is 10.5 Å². The molecule has 164 valence electrons. The molecule has 1 aliphatic rings. The number of benzene rings is 3. The predicted molar refractivity (Wildman–Crippen MR) is 135 cm³/mol. The summed E-state index contributed by atoms with van der Waals surface area (Å²) in [6.45, 7) is 0.481. The summed E-state index contributed by atoms with van der Waals surface area (Å²) in [5.41, 5.74) is 7.22. The first-order valence-corrected chi connectivity index (χ1v) is 11.4. The highest BCUT2D eigenvalue weighted by Gasteiger charge is 2.18. The second kappa shape index (κ2) is 8.89. The number of aromatic nitrogens is 1. The van der Waals surface area contributed by atoms with E-state index >= 15 is 0 Å². The number of anilines is 1. The fraction of sp³-hybridized carbons (Fsp3) is 0.111. The van der Waals surface area contributed by atoms with Crippen LogP contribution in [-0.2, 0) is 12.8 Å². The van der Waals surface area contributed by atoms with Crippen LogP contribution in [0.25, 0.3) is 16.5 Å². The molecule has 1 aliphatic carbocycles. The van der Waals surface area contributed by atoms with Crippen LogP contribution in [-0.4, -0.2) is 22.6 Å². The van der Waals surface area contributed by atoms with Gasteiger partial charge in [-0.25, -0.2) is 9.78 Å². The summed E-state index contributed by atoms with van der Waals surface area (Å²) in [6, 6.07) is 21.7. The monoisotopic (exact) mass is 474 g/mol. The van der Waals surface area contributed by atoms with E-state index in [1.807, 2.05) is 0 Å². The highest BCUT2D eigenvalue weighted by Crippen LogP contribution is 2.35. The molecule has 0 amide bonds. The molecular weight excluding hydrogens is 455 g/mol. The second-order valence-corrected chi connectivity index (χ2v) is 8.80. The molecule has 0 spiro atoms. The average molecular weight is 475 g/mol. The maximum atomic E-state index is 11.6. The lowest BCUT2D eigenvalue weighted by molar-refractivity contribution is 0.0691. The third-order valence-electron chi connectivity index (χ3n) is 5.92. The van der Waals surface area contributed by atoms with Gasteiger partial charge in [-0.1, -0.05) is 77.8 Å². The molecule has 33 heavy (non-hydrogen) atoms. The molecule has 0 aliphatic heterocycles. The van der Waals surface area contributed by atoms with Gasteiger partial charge in [-0.3, -0.25) is 0 Å². The van der Waals surface area contributed by atoms with Gasteiger partial charge < -0.3 is 10.4 Å². The lowest BCUT2D eigenvalue weighted by Gasteiger charge is -2.14. The van der Waals surface area contributed by atoms with Crippen molar-refractivity contribution in [1.82, 2.24) is 4.98 Å². The van der Waals surface area contributed by atoms with E-state index < -0.39 is 5.97 Å². The zero-order valence-corrected chi connectivity index (χ0v) is 19.1. The van der Waals surface area contributed by atoms with Gasteiger partial charge in [0.15, 0.2) is 5.69 Å². The Labute approximate surface area is 201 Å². The molecule has 5 rings (SSSR count). The molecule has 0 atom stereocenters. The minimum absolute atomic E-state index is 0.0684. The smallest absolute Gasteiger partial charge is 0.354 e. The first kappa shape index (κ1) is 21.5. The number of carboxylic acids is 1. The van der Waals surface area contributed by atoms with Gasteiger partial charge in [-0.2, -0.15) is 0 Å². The maximum Gasteiger partial charge on any atom is 0.354 e.